The van der Waals surface area contributed by atoms with Gasteiger partial charge >= 0.3 is 0 Å². The Morgan fingerprint density at radius 2 is 1.43 bits per heavy atom. The summed E-state index contributed by atoms with van der Waals surface area (Å²) in [6.07, 6.45) is 3.69. The van der Waals surface area contributed by atoms with Crippen molar-refractivity contribution in [3.8, 4) is 11.1 Å². The molecule has 2 aliphatic rings. The van der Waals surface area contributed by atoms with Crippen LogP contribution in [0.15, 0.2) is 48.5 Å². The monoisotopic (exact) mass is 382 g/mol. The number of rotatable bonds is 4. The number of amides is 1. The van der Waals surface area contributed by atoms with Gasteiger partial charge in [-0.2, -0.15) is 0 Å². The van der Waals surface area contributed by atoms with Crippen LogP contribution in [0, 0.1) is 5.82 Å². The fourth-order valence-corrected chi connectivity index (χ4v) is 4.27. The first-order valence-corrected chi connectivity index (χ1v) is 10.1. The molecule has 2 aliphatic heterocycles. The lowest BCUT2D eigenvalue weighted by Gasteiger charge is -2.40. The van der Waals surface area contributed by atoms with Crippen LogP contribution in [-0.4, -0.2) is 59.1 Å². The van der Waals surface area contributed by atoms with Crippen molar-refractivity contribution in [3.05, 3.63) is 59.9 Å². The Kier molecular flexibility index (Phi) is 5.47. The van der Waals surface area contributed by atoms with Crippen LogP contribution in [0.3, 0.4) is 0 Å². The predicted molar refractivity (Wildman–Crippen MR) is 108 cm³/mol. The van der Waals surface area contributed by atoms with Gasteiger partial charge in [-0.3, -0.25) is 4.79 Å². The van der Waals surface area contributed by atoms with Crippen LogP contribution in [0.1, 0.15) is 36.0 Å². The zero-order valence-electron chi connectivity index (χ0n) is 16.1. The van der Waals surface area contributed by atoms with Crippen LogP contribution in [0.5, 0.6) is 0 Å². The summed E-state index contributed by atoms with van der Waals surface area (Å²) in [4.78, 5) is 17.0. The summed E-state index contributed by atoms with van der Waals surface area (Å²) in [6, 6.07) is 13.8. The van der Waals surface area contributed by atoms with E-state index in [0.717, 1.165) is 30.8 Å². The van der Waals surface area contributed by atoms with Gasteiger partial charge in [0.25, 0.3) is 5.91 Å². The van der Waals surface area contributed by atoms with E-state index in [-0.39, 0.29) is 11.7 Å². The van der Waals surface area contributed by atoms with E-state index in [0.29, 0.717) is 31.5 Å². The normalized spacial score (nSPS) is 19.7. The van der Waals surface area contributed by atoms with Gasteiger partial charge in [0, 0.05) is 25.2 Å². The SMILES string of the molecule is O=C(c1ccc(-c2ccc(F)cc2)cc1)N1CCC(O)(CN2CCCC2)CC1. The van der Waals surface area contributed by atoms with Crippen LogP contribution in [0.25, 0.3) is 11.1 Å². The van der Waals surface area contributed by atoms with Gasteiger partial charge in [-0.05, 0) is 74.2 Å². The second-order valence-corrected chi connectivity index (χ2v) is 8.08. The van der Waals surface area contributed by atoms with E-state index < -0.39 is 5.60 Å². The average molecular weight is 382 g/mol. The van der Waals surface area contributed by atoms with Crippen molar-refractivity contribution in [1.29, 1.82) is 0 Å². The molecule has 4 rings (SSSR count). The van der Waals surface area contributed by atoms with E-state index in [1.807, 2.05) is 29.2 Å². The molecule has 2 aromatic carbocycles. The molecular weight excluding hydrogens is 355 g/mol. The topological polar surface area (TPSA) is 43.8 Å². The highest BCUT2D eigenvalue weighted by Crippen LogP contribution is 2.27. The van der Waals surface area contributed by atoms with Gasteiger partial charge < -0.3 is 14.9 Å². The summed E-state index contributed by atoms with van der Waals surface area (Å²) < 4.78 is 13.1. The maximum absolute atomic E-state index is 13.1. The summed E-state index contributed by atoms with van der Waals surface area (Å²) >= 11 is 0. The maximum Gasteiger partial charge on any atom is 0.253 e. The second-order valence-electron chi connectivity index (χ2n) is 8.08. The zero-order chi connectivity index (χ0) is 19.6. The molecule has 148 valence electrons. The molecule has 0 aliphatic carbocycles. The summed E-state index contributed by atoms with van der Waals surface area (Å²) in [5.41, 5.74) is 1.85. The predicted octanol–water partition coefficient (Wildman–Crippen LogP) is 3.56. The fourth-order valence-electron chi connectivity index (χ4n) is 4.27. The van der Waals surface area contributed by atoms with Gasteiger partial charge in [0.1, 0.15) is 5.82 Å². The molecule has 0 spiro atoms. The number of carbonyl (C=O) groups is 1. The second kappa shape index (κ2) is 8.02. The highest BCUT2D eigenvalue weighted by molar-refractivity contribution is 5.94. The number of benzene rings is 2. The molecule has 0 aromatic heterocycles. The molecule has 0 bridgehead atoms. The lowest BCUT2D eigenvalue weighted by Crippen LogP contribution is -2.51. The summed E-state index contributed by atoms with van der Waals surface area (Å²) in [5, 5.41) is 10.9. The Morgan fingerprint density at radius 3 is 2.00 bits per heavy atom. The largest absolute Gasteiger partial charge is 0.388 e. The number of hydrogen-bond acceptors (Lipinski definition) is 3. The van der Waals surface area contributed by atoms with Gasteiger partial charge in [-0.1, -0.05) is 24.3 Å². The number of nitrogens with zero attached hydrogens (tertiary/aromatic N) is 2. The molecule has 0 saturated carbocycles. The molecule has 1 N–H and O–H groups in total. The fraction of sp³-hybridized carbons (Fsp3) is 0.435. The van der Waals surface area contributed by atoms with Crippen molar-refractivity contribution in [1.82, 2.24) is 9.80 Å². The first-order valence-electron chi connectivity index (χ1n) is 10.1. The summed E-state index contributed by atoms with van der Waals surface area (Å²) in [7, 11) is 0. The smallest absolute Gasteiger partial charge is 0.253 e. The van der Waals surface area contributed by atoms with Gasteiger partial charge in [-0.15, -0.1) is 0 Å². The van der Waals surface area contributed by atoms with Gasteiger partial charge in [0.05, 0.1) is 5.60 Å². The Bertz CT molecular complexity index is 806. The van der Waals surface area contributed by atoms with E-state index in [4.69, 9.17) is 0 Å². The Labute approximate surface area is 165 Å². The highest BCUT2D eigenvalue weighted by atomic mass is 19.1. The van der Waals surface area contributed by atoms with E-state index in [1.54, 1.807) is 12.1 Å². The molecule has 2 heterocycles. The minimum absolute atomic E-state index is 0.00822. The Morgan fingerprint density at radius 1 is 0.893 bits per heavy atom. The number of piperidine rings is 1. The van der Waals surface area contributed by atoms with Gasteiger partial charge in [0.2, 0.25) is 0 Å². The molecule has 0 unspecified atom stereocenters. The van der Waals surface area contributed by atoms with E-state index in [9.17, 15) is 14.3 Å². The van der Waals surface area contributed by atoms with Crippen LogP contribution in [0.4, 0.5) is 4.39 Å². The summed E-state index contributed by atoms with van der Waals surface area (Å²) in [5.74, 6) is -0.251. The number of β-amino-alcohol motifs (C(OH)–C–C–N with tert-alkyl or cyclic N) is 1. The first kappa shape index (κ1) is 19.1. The number of halogens is 1. The van der Waals surface area contributed by atoms with Crippen molar-refractivity contribution in [3.63, 3.8) is 0 Å². The van der Waals surface area contributed by atoms with E-state index >= 15 is 0 Å². The zero-order valence-corrected chi connectivity index (χ0v) is 16.1. The lowest BCUT2D eigenvalue weighted by atomic mass is 9.90. The third-order valence-electron chi connectivity index (χ3n) is 6.01. The van der Waals surface area contributed by atoms with Crippen molar-refractivity contribution in [2.24, 2.45) is 0 Å². The molecule has 4 nitrogen and oxygen atoms in total. The summed E-state index contributed by atoms with van der Waals surface area (Å²) in [6.45, 7) is 4.05. The molecular formula is C23H27FN2O2. The average Bonchev–Trinajstić information content (AvgIpc) is 3.21. The standard InChI is InChI=1S/C23H27FN2O2/c24-21-9-7-19(8-10-21)18-3-5-20(6-4-18)22(27)26-15-11-23(28,12-16-26)17-25-13-1-2-14-25/h3-10,28H,1-2,11-17H2. The van der Waals surface area contributed by atoms with Crippen LogP contribution in [0.2, 0.25) is 0 Å². The third kappa shape index (κ3) is 4.26. The first-order chi connectivity index (χ1) is 13.5. The highest BCUT2D eigenvalue weighted by Gasteiger charge is 2.36. The molecule has 0 atom stereocenters. The Balaban J connectivity index is 1.36. The lowest BCUT2D eigenvalue weighted by molar-refractivity contribution is -0.0367. The number of hydrogen-bond donors (Lipinski definition) is 1. The van der Waals surface area contributed by atoms with Crippen LogP contribution in [-0.2, 0) is 0 Å². The van der Waals surface area contributed by atoms with Crippen molar-refractivity contribution in [2.45, 2.75) is 31.3 Å². The quantitative estimate of drug-likeness (QED) is 0.879. The van der Waals surface area contributed by atoms with E-state index in [2.05, 4.69) is 4.90 Å². The van der Waals surface area contributed by atoms with Crippen molar-refractivity contribution >= 4 is 5.91 Å². The number of aliphatic hydroxyl groups is 1. The molecule has 5 heteroatoms. The van der Waals surface area contributed by atoms with Crippen LogP contribution < -0.4 is 0 Å². The van der Waals surface area contributed by atoms with Gasteiger partial charge in [-0.25, -0.2) is 4.39 Å². The maximum atomic E-state index is 13.1. The molecule has 2 aromatic rings. The molecule has 2 saturated heterocycles. The van der Waals surface area contributed by atoms with Crippen molar-refractivity contribution < 1.29 is 14.3 Å². The number of carbonyl (C=O) groups excluding carboxylic acids is 1. The Hall–Kier alpha value is -2.24. The van der Waals surface area contributed by atoms with E-state index in [1.165, 1.54) is 25.0 Å². The minimum atomic E-state index is -0.673. The van der Waals surface area contributed by atoms with Crippen molar-refractivity contribution in [2.75, 3.05) is 32.7 Å². The third-order valence-corrected chi connectivity index (χ3v) is 6.01. The molecule has 2 fully saturated rings. The molecule has 28 heavy (non-hydrogen) atoms. The minimum Gasteiger partial charge on any atom is -0.388 e. The van der Waals surface area contributed by atoms with Crippen LogP contribution >= 0.6 is 0 Å². The molecule has 1 amide bonds. The van der Waals surface area contributed by atoms with Gasteiger partial charge in [0.15, 0.2) is 0 Å². The molecule has 0 radical (unpaired) electrons. The number of likely N-dealkylation sites (tertiary alicyclic amines) is 2.